The van der Waals surface area contributed by atoms with Crippen LogP contribution >= 0.6 is 11.3 Å². The van der Waals surface area contributed by atoms with E-state index in [4.69, 9.17) is 10.5 Å². The molecule has 1 aromatic heterocycles. The third kappa shape index (κ3) is 3.12. The normalized spacial score (nSPS) is 11.3. The third-order valence-electron chi connectivity index (χ3n) is 2.82. The standard InChI is InChI=1S/C13H16N2O3S2/c1-9-5-10(18-2)3-4-13(9)15-20(16,17)12-6-11(7-14)19-8-12/h3-6,8,15H,7,14H2,1-2H3. The second kappa shape index (κ2) is 5.82. The van der Waals surface area contributed by atoms with Crippen LogP contribution in [0, 0.1) is 6.92 Å². The van der Waals surface area contributed by atoms with Crippen LogP contribution in [0.4, 0.5) is 5.69 Å². The Morgan fingerprint density at radius 2 is 2.10 bits per heavy atom. The van der Waals surface area contributed by atoms with E-state index in [-0.39, 0.29) is 4.90 Å². The van der Waals surface area contributed by atoms with Gasteiger partial charge in [0.25, 0.3) is 10.0 Å². The van der Waals surface area contributed by atoms with Crippen LogP contribution in [0.3, 0.4) is 0 Å². The molecule has 0 amide bonds. The zero-order chi connectivity index (χ0) is 14.8. The minimum absolute atomic E-state index is 0.234. The quantitative estimate of drug-likeness (QED) is 0.888. The Kier molecular flexibility index (Phi) is 4.32. The Morgan fingerprint density at radius 3 is 2.65 bits per heavy atom. The largest absolute Gasteiger partial charge is 0.497 e. The van der Waals surface area contributed by atoms with Crippen molar-refractivity contribution in [2.45, 2.75) is 18.4 Å². The summed E-state index contributed by atoms with van der Waals surface area (Å²) in [5.41, 5.74) is 6.82. The molecule has 3 N–H and O–H groups in total. The van der Waals surface area contributed by atoms with E-state index in [9.17, 15) is 8.42 Å². The summed E-state index contributed by atoms with van der Waals surface area (Å²) in [5.74, 6) is 0.686. The molecule has 1 heterocycles. The number of sulfonamides is 1. The Hall–Kier alpha value is -1.57. The number of rotatable bonds is 5. The smallest absolute Gasteiger partial charge is 0.262 e. The first-order chi connectivity index (χ1) is 9.46. The molecule has 20 heavy (non-hydrogen) atoms. The van der Waals surface area contributed by atoms with Crippen molar-refractivity contribution in [1.82, 2.24) is 0 Å². The van der Waals surface area contributed by atoms with Crippen LogP contribution in [0.2, 0.25) is 0 Å². The number of methoxy groups -OCH3 is 1. The molecule has 0 atom stereocenters. The molecule has 0 bridgehead atoms. The summed E-state index contributed by atoms with van der Waals surface area (Å²) in [6.07, 6.45) is 0. The maximum Gasteiger partial charge on any atom is 0.262 e. The number of benzene rings is 1. The number of ether oxygens (including phenoxy) is 1. The van der Waals surface area contributed by atoms with E-state index in [0.29, 0.717) is 18.0 Å². The zero-order valence-electron chi connectivity index (χ0n) is 11.2. The van der Waals surface area contributed by atoms with Crippen molar-refractivity contribution in [2.24, 2.45) is 5.73 Å². The van der Waals surface area contributed by atoms with Crippen molar-refractivity contribution >= 4 is 27.0 Å². The molecule has 108 valence electrons. The lowest BCUT2D eigenvalue weighted by molar-refractivity contribution is 0.414. The molecule has 0 fully saturated rings. The molecule has 2 aromatic rings. The molecule has 0 spiro atoms. The lowest BCUT2D eigenvalue weighted by Crippen LogP contribution is -2.13. The predicted molar refractivity (Wildman–Crippen MR) is 80.7 cm³/mol. The van der Waals surface area contributed by atoms with Crippen LogP contribution in [0.1, 0.15) is 10.4 Å². The van der Waals surface area contributed by atoms with Crippen LogP contribution in [0.5, 0.6) is 5.75 Å². The maximum atomic E-state index is 12.3. The van der Waals surface area contributed by atoms with Gasteiger partial charge < -0.3 is 10.5 Å². The van der Waals surface area contributed by atoms with Gasteiger partial charge in [-0.25, -0.2) is 8.42 Å². The maximum absolute atomic E-state index is 12.3. The van der Waals surface area contributed by atoms with Gasteiger partial charge in [0.2, 0.25) is 0 Å². The summed E-state index contributed by atoms with van der Waals surface area (Å²) in [6.45, 7) is 2.15. The van der Waals surface area contributed by atoms with Crippen molar-refractivity contribution in [3.05, 3.63) is 40.1 Å². The highest BCUT2D eigenvalue weighted by molar-refractivity contribution is 7.92. The summed E-state index contributed by atoms with van der Waals surface area (Å²) >= 11 is 1.33. The first kappa shape index (κ1) is 14.8. The Morgan fingerprint density at radius 1 is 1.35 bits per heavy atom. The SMILES string of the molecule is COc1ccc(NS(=O)(=O)c2csc(CN)c2)c(C)c1. The van der Waals surface area contributed by atoms with Crippen LogP contribution in [-0.4, -0.2) is 15.5 Å². The number of hydrogen-bond acceptors (Lipinski definition) is 5. The second-order valence-electron chi connectivity index (χ2n) is 4.24. The van der Waals surface area contributed by atoms with Crippen molar-refractivity contribution < 1.29 is 13.2 Å². The monoisotopic (exact) mass is 312 g/mol. The summed E-state index contributed by atoms with van der Waals surface area (Å²) in [5, 5.41) is 1.59. The fraction of sp³-hybridized carbons (Fsp3) is 0.231. The van der Waals surface area contributed by atoms with Crippen LogP contribution in [-0.2, 0) is 16.6 Å². The minimum Gasteiger partial charge on any atom is -0.497 e. The van der Waals surface area contributed by atoms with Crippen LogP contribution in [0.15, 0.2) is 34.5 Å². The molecule has 0 radical (unpaired) electrons. The molecule has 5 nitrogen and oxygen atoms in total. The molecule has 0 unspecified atom stereocenters. The second-order valence-corrected chi connectivity index (χ2v) is 6.92. The average Bonchev–Trinajstić information content (AvgIpc) is 2.90. The first-order valence-corrected chi connectivity index (χ1v) is 8.27. The van der Waals surface area contributed by atoms with E-state index < -0.39 is 10.0 Å². The van der Waals surface area contributed by atoms with Gasteiger partial charge in [-0.1, -0.05) is 0 Å². The Labute approximate surface area is 122 Å². The van der Waals surface area contributed by atoms with Crippen molar-refractivity contribution in [1.29, 1.82) is 0 Å². The molecular weight excluding hydrogens is 296 g/mol. The molecule has 0 saturated carbocycles. The van der Waals surface area contributed by atoms with Crippen molar-refractivity contribution in [3.63, 3.8) is 0 Å². The van der Waals surface area contributed by atoms with E-state index >= 15 is 0 Å². The average molecular weight is 312 g/mol. The van der Waals surface area contributed by atoms with Gasteiger partial charge >= 0.3 is 0 Å². The molecular formula is C13H16N2O3S2. The van der Waals surface area contributed by atoms with Crippen LogP contribution in [0.25, 0.3) is 0 Å². The van der Waals surface area contributed by atoms with Crippen LogP contribution < -0.4 is 15.2 Å². The third-order valence-corrected chi connectivity index (χ3v) is 5.27. The summed E-state index contributed by atoms with van der Waals surface area (Å²) < 4.78 is 32.2. The van der Waals surface area contributed by atoms with Gasteiger partial charge in [0.05, 0.1) is 17.7 Å². The molecule has 7 heteroatoms. The Balaban J connectivity index is 2.28. The van der Waals surface area contributed by atoms with Gasteiger partial charge in [-0.2, -0.15) is 0 Å². The lowest BCUT2D eigenvalue weighted by atomic mass is 10.2. The molecule has 0 saturated heterocycles. The topological polar surface area (TPSA) is 81.4 Å². The number of nitrogens with one attached hydrogen (secondary N) is 1. The van der Waals surface area contributed by atoms with Gasteiger partial charge in [0.15, 0.2) is 0 Å². The highest BCUT2D eigenvalue weighted by atomic mass is 32.2. The van der Waals surface area contributed by atoms with Crippen molar-refractivity contribution in [3.8, 4) is 5.75 Å². The number of hydrogen-bond donors (Lipinski definition) is 2. The fourth-order valence-corrected chi connectivity index (χ4v) is 3.98. The highest BCUT2D eigenvalue weighted by Gasteiger charge is 2.17. The first-order valence-electron chi connectivity index (χ1n) is 5.91. The van der Waals surface area contributed by atoms with Gasteiger partial charge in [0, 0.05) is 16.8 Å². The fourth-order valence-electron chi connectivity index (χ4n) is 1.69. The number of anilines is 1. The molecule has 1 aromatic carbocycles. The van der Waals surface area contributed by atoms with E-state index in [1.54, 1.807) is 36.8 Å². The van der Waals surface area contributed by atoms with Gasteiger partial charge in [-0.3, -0.25) is 4.72 Å². The number of nitrogens with two attached hydrogens (primary N) is 1. The number of aryl methyl sites for hydroxylation is 1. The summed E-state index contributed by atoms with van der Waals surface area (Å²) in [7, 11) is -2.01. The molecule has 0 aliphatic heterocycles. The van der Waals surface area contributed by atoms with E-state index in [2.05, 4.69) is 4.72 Å². The lowest BCUT2D eigenvalue weighted by Gasteiger charge is -2.10. The van der Waals surface area contributed by atoms with E-state index in [1.807, 2.05) is 6.92 Å². The zero-order valence-corrected chi connectivity index (χ0v) is 12.8. The summed E-state index contributed by atoms with van der Waals surface area (Å²) in [6, 6.07) is 6.76. The molecule has 2 rings (SSSR count). The molecule has 0 aliphatic rings. The number of thiophene rings is 1. The summed E-state index contributed by atoms with van der Waals surface area (Å²) in [4.78, 5) is 1.06. The predicted octanol–water partition coefficient (Wildman–Crippen LogP) is 2.32. The van der Waals surface area contributed by atoms with E-state index in [0.717, 1.165) is 10.4 Å². The van der Waals surface area contributed by atoms with Gasteiger partial charge in [0.1, 0.15) is 5.75 Å². The molecule has 0 aliphatic carbocycles. The van der Waals surface area contributed by atoms with E-state index in [1.165, 1.54) is 11.3 Å². The van der Waals surface area contributed by atoms with Gasteiger partial charge in [-0.05, 0) is 36.8 Å². The highest BCUT2D eigenvalue weighted by Crippen LogP contribution is 2.25. The van der Waals surface area contributed by atoms with Crippen molar-refractivity contribution in [2.75, 3.05) is 11.8 Å². The Bertz CT molecular complexity index is 708. The minimum atomic E-state index is -3.58. The van der Waals surface area contributed by atoms with Gasteiger partial charge in [-0.15, -0.1) is 11.3 Å².